The van der Waals surface area contributed by atoms with E-state index in [-0.39, 0.29) is 5.82 Å². The van der Waals surface area contributed by atoms with Crippen LogP contribution in [0.15, 0.2) is 21.0 Å². The molecule has 0 aromatic heterocycles. The standard InChI is InChI=1S/C13H17BrFNOS/c1-8-10(6-7-11(14)12(8)15)9(2)16-18(17)13(3,4)5/h6-7H,1-5H3/b16-9+/t18-/m0/s1. The van der Waals surface area contributed by atoms with Gasteiger partial charge in [0.1, 0.15) is 21.9 Å². The first kappa shape index (κ1) is 15.7. The molecule has 2 nitrogen and oxygen atoms in total. The van der Waals surface area contributed by atoms with Crippen molar-refractivity contribution in [2.24, 2.45) is 4.40 Å². The van der Waals surface area contributed by atoms with Crippen LogP contribution in [0, 0.1) is 12.7 Å². The van der Waals surface area contributed by atoms with Crippen LogP contribution in [0.4, 0.5) is 4.39 Å². The first-order chi connectivity index (χ1) is 8.14. The van der Waals surface area contributed by atoms with E-state index in [9.17, 15) is 8.94 Å². The highest BCUT2D eigenvalue weighted by molar-refractivity contribution is 9.10. The summed E-state index contributed by atoms with van der Waals surface area (Å²) in [5.41, 5.74) is 1.79. The lowest BCUT2D eigenvalue weighted by molar-refractivity contribution is 0.561. The Morgan fingerprint density at radius 3 is 2.44 bits per heavy atom. The normalized spacial score (nSPS) is 14.8. The SMILES string of the molecule is C/C(=N\[S@@+]([O-])C(C)(C)C)c1ccc(Br)c(F)c1C. The van der Waals surface area contributed by atoms with Gasteiger partial charge in [-0.15, -0.1) is 0 Å². The Balaban J connectivity index is 3.16. The number of hydrogen-bond acceptors (Lipinski definition) is 2. The van der Waals surface area contributed by atoms with Crippen LogP contribution in [0.1, 0.15) is 38.8 Å². The lowest BCUT2D eigenvalue weighted by Crippen LogP contribution is -2.26. The van der Waals surface area contributed by atoms with Crippen molar-refractivity contribution in [3.8, 4) is 0 Å². The summed E-state index contributed by atoms with van der Waals surface area (Å²) in [5, 5.41) is 0. The maximum absolute atomic E-state index is 13.7. The Kier molecular flexibility index (Phi) is 4.98. The van der Waals surface area contributed by atoms with E-state index in [1.54, 1.807) is 26.0 Å². The van der Waals surface area contributed by atoms with E-state index in [0.717, 1.165) is 0 Å². The zero-order valence-corrected chi connectivity index (χ0v) is 13.6. The molecule has 0 saturated carbocycles. The third kappa shape index (κ3) is 3.56. The molecule has 0 bridgehead atoms. The van der Waals surface area contributed by atoms with Crippen molar-refractivity contribution in [3.63, 3.8) is 0 Å². The van der Waals surface area contributed by atoms with Gasteiger partial charge in [-0.25, -0.2) is 4.39 Å². The fraction of sp³-hybridized carbons (Fsp3) is 0.462. The second-order valence-corrected chi connectivity index (χ2v) is 7.83. The molecule has 1 rings (SSSR count). The van der Waals surface area contributed by atoms with E-state index in [0.29, 0.717) is 21.3 Å². The lowest BCUT2D eigenvalue weighted by atomic mass is 10.1. The molecule has 0 spiro atoms. The predicted molar refractivity (Wildman–Crippen MR) is 78.9 cm³/mol. The highest BCUT2D eigenvalue weighted by atomic mass is 79.9. The van der Waals surface area contributed by atoms with Gasteiger partial charge >= 0.3 is 0 Å². The molecule has 0 aliphatic carbocycles. The van der Waals surface area contributed by atoms with Gasteiger partial charge < -0.3 is 4.55 Å². The van der Waals surface area contributed by atoms with Crippen LogP contribution in [-0.4, -0.2) is 15.0 Å². The van der Waals surface area contributed by atoms with Gasteiger partial charge in [0.15, 0.2) is 0 Å². The van der Waals surface area contributed by atoms with Crippen LogP contribution in [0.25, 0.3) is 0 Å². The van der Waals surface area contributed by atoms with E-state index in [1.165, 1.54) is 0 Å². The van der Waals surface area contributed by atoms with Crippen LogP contribution in [0.2, 0.25) is 0 Å². The molecule has 0 heterocycles. The minimum atomic E-state index is -1.33. The topological polar surface area (TPSA) is 35.4 Å². The van der Waals surface area contributed by atoms with Crippen molar-refractivity contribution in [2.75, 3.05) is 0 Å². The maximum Gasteiger partial charge on any atom is 0.144 e. The third-order valence-corrected chi connectivity index (χ3v) is 4.57. The van der Waals surface area contributed by atoms with E-state index in [4.69, 9.17) is 0 Å². The van der Waals surface area contributed by atoms with Gasteiger partial charge in [-0.2, -0.15) is 0 Å². The van der Waals surface area contributed by atoms with Crippen molar-refractivity contribution in [1.29, 1.82) is 0 Å². The number of rotatable bonds is 2. The van der Waals surface area contributed by atoms with Gasteiger partial charge in [0.2, 0.25) is 0 Å². The molecule has 0 amide bonds. The smallest absolute Gasteiger partial charge is 0.144 e. The van der Waals surface area contributed by atoms with E-state index in [2.05, 4.69) is 20.3 Å². The van der Waals surface area contributed by atoms with Crippen LogP contribution in [-0.2, 0) is 11.4 Å². The maximum atomic E-state index is 13.7. The van der Waals surface area contributed by atoms with Crippen molar-refractivity contribution in [2.45, 2.75) is 39.4 Å². The third-order valence-electron chi connectivity index (χ3n) is 2.47. The molecular formula is C13H17BrFNOS. The quantitative estimate of drug-likeness (QED) is 0.591. The summed E-state index contributed by atoms with van der Waals surface area (Å²) in [7, 11) is 0. The summed E-state index contributed by atoms with van der Waals surface area (Å²) >= 11 is 1.80. The molecule has 5 heteroatoms. The summed E-state index contributed by atoms with van der Waals surface area (Å²) in [5.74, 6) is -0.302. The lowest BCUT2D eigenvalue weighted by Gasteiger charge is -2.19. The molecule has 100 valence electrons. The molecule has 0 saturated heterocycles. The number of hydrogen-bond donors (Lipinski definition) is 0. The predicted octanol–water partition coefficient (Wildman–Crippen LogP) is 4.17. The van der Waals surface area contributed by atoms with Crippen molar-refractivity contribution in [3.05, 3.63) is 33.5 Å². The first-order valence-corrected chi connectivity index (χ1v) is 7.47. The van der Waals surface area contributed by atoms with Crippen LogP contribution in [0.3, 0.4) is 0 Å². The van der Waals surface area contributed by atoms with Crippen molar-refractivity contribution < 1.29 is 8.94 Å². The fourth-order valence-electron chi connectivity index (χ4n) is 1.35. The molecule has 0 aliphatic rings. The highest BCUT2D eigenvalue weighted by Gasteiger charge is 2.27. The Morgan fingerprint density at radius 2 is 1.94 bits per heavy atom. The molecule has 0 unspecified atom stereocenters. The van der Waals surface area contributed by atoms with Gasteiger partial charge in [-0.3, -0.25) is 0 Å². The monoisotopic (exact) mass is 333 g/mol. The number of halogens is 2. The Morgan fingerprint density at radius 1 is 1.39 bits per heavy atom. The molecule has 0 fully saturated rings. The van der Waals surface area contributed by atoms with Gasteiger partial charge in [0, 0.05) is 5.56 Å². The molecule has 1 aromatic rings. The van der Waals surface area contributed by atoms with Crippen LogP contribution >= 0.6 is 15.9 Å². The van der Waals surface area contributed by atoms with Gasteiger partial charge in [-0.1, -0.05) is 10.5 Å². The number of nitrogens with zero attached hydrogens (tertiary/aromatic N) is 1. The van der Waals surface area contributed by atoms with Gasteiger partial charge in [-0.05, 0) is 62.2 Å². The summed E-state index contributed by atoms with van der Waals surface area (Å²) in [6.45, 7) is 9.01. The van der Waals surface area contributed by atoms with E-state index in [1.807, 2.05) is 20.8 Å². The van der Waals surface area contributed by atoms with Crippen LogP contribution < -0.4 is 0 Å². The van der Waals surface area contributed by atoms with E-state index < -0.39 is 16.1 Å². The summed E-state index contributed by atoms with van der Waals surface area (Å²) in [6, 6.07) is 3.41. The van der Waals surface area contributed by atoms with Crippen molar-refractivity contribution in [1.82, 2.24) is 0 Å². The fourth-order valence-corrected chi connectivity index (χ4v) is 2.40. The average Bonchev–Trinajstić information content (AvgIpc) is 2.24. The highest BCUT2D eigenvalue weighted by Crippen LogP contribution is 2.24. The minimum absolute atomic E-state index is 0.302. The molecule has 0 aliphatic heterocycles. The summed E-state index contributed by atoms with van der Waals surface area (Å²) in [6.07, 6.45) is 0. The molecule has 0 N–H and O–H groups in total. The second-order valence-electron chi connectivity index (χ2n) is 5.07. The zero-order valence-electron chi connectivity index (χ0n) is 11.2. The Labute approximate surface area is 119 Å². The molecular weight excluding hydrogens is 317 g/mol. The first-order valence-electron chi connectivity index (χ1n) is 5.57. The van der Waals surface area contributed by atoms with E-state index >= 15 is 0 Å². The Bertz CT molecular complexity index is 483. The summed E-state index contributed by atoms with van der Waals surface area (Å²) < 4.78 is 29.8. The zero-order chi connectivity index (χ0) is 14.1. The molecule has 18 heavy (non-hydrogen) atoms. The van der Waals surface area contributed by atoms with Crippen LogP contribution in [0.5, 0.6) is 0 Å². The minimum Gasteiger partial charge on any atom is -0.591 e. The second kappa shape index (κ2) is 5.72. The largest absolute Gasteiger partial charge is 0.591 e. The van der Waals surface area contributed by atoms with Gasteiger partial charge in [0.05, 0.1) is 10.2 Å². The van der Waals surface area contributed by atoms with Gasteiger partial charge in [0.25, 0.3) is 0 Å². The summed E-state index contributed by atoms with van der Waals surface area (Å²) in [4.78, 5) is 0. The molecule has 1 atom stereocenters. The Hall–Kier alpha value is -0.390. The number of benzene rings is 1. The molecule has 1 aromatic carbocycles. The van der Waals surface area contributed by atoms with Crippen molar-refractivity contribution >= 4 is 33.0 Å². The molecule has 0 radical (unpaired) electrons. The average molecular weight is 334 g/mol.